The summed E-state index contributed by atoms with van der Waals surface area (Å²) in [6.07, 6.45) is 5.40. The van der Waals surface area contributed by atoms with Gasteiger partial charge in [0.1, 0.15) is 5.82 Å². The Kier molecular flexibility index (Phi) is 4.10. The smallest absolute Gasteiger partial charge is 0.407 e. The van der Waals surface area contributed by atoms with Crippen molar-refractivity contribution in [1.82, 2.24) is 24.6 Å². The number of carboxylic acid groups (broad SMARTS) is 1. The molecule has 3 rings (SSSR count). The van der Waals surface area contributed by atoms with Gasteiger partial charge in [-0.05, 0) is 13.8 Å². The van der Waals surface area contributed by atoms with Crippen LogP contribution in [0.5, 0.6) is 0 Å². The van der Waals surface area contributed by atoms with Crippen molar-refractivity contribution in [3.8, 4) is 11.3 Å². The van der Waals surface area contributed by atoms with Crippen molar-refractivity contribution >= 4 is 11.9 Å². The molecule has 128 valence electrons. The molecule has 9 nitrogen and oxygen atoms in total. The van der Waals surface area contributed by atoms with E-state index >= 15 is 0 Å². The van der Waals surface area contributed by atoms with Gasteiger partial charge in [-0.15, -0.1) is 0 Å². The minimum atomic E-state index is -0.938. The third-order valence-electron chi connectivity index (χ3n) is 4.01. The van der Waals surface area contributed by atoms with Gasteiger partial charge in [0, 0.05) is 11.8 Å². The van der Waals surface area contributed by atoms with Crippen LogP contribution in [0.3, 0.4) is 0 Å². The van der Waals surface area contributed by atoms with Crippen LogP contribution >= 0.6 is 0 Å². The number of aromatic nitrogens is 4. The summed E-state index contributed by atoms with van der Waals surface area (Å²) in [5.74, 6) is 0.359. The zero-order valence-electron chi connectivity index (χ0n) is 13.6. The van der Waals surface area contributed by atoms with Gasteiger partial charge in [0.2, 0.25) is 0 Å². The van der Waals surface area contributed by atoms with E-state index in [1.54, 1.807) is 17.1 Å². The van der Waals surface area contributed by atoms with E-state index in [-0.39, 0.29) is 6.10 Å². The highest BCUT2D eigenvalue weighted by Crippen LogP contribution is 2.23. The summed E-state index contributed by atoms with van der Waals surface area (Å²) in [7, 11) is 0. The van der Waals surface area contributed by atoms with Crippen LogP contribution in [0.4, 0.5) is 10.6 Å². The van der Waals surface area contributed by atoms with Gasteiger partial charge >= 0.3 is 6.09 Å². The molecule has 1 atom stereocenters. The molecule has 1 amide bonds. The van der Waals surface area contributed by atoms with E-state index in [1.165, 1.54) is 11.1 Å². The van der Waals surface area contributed by atoms with Crippen molar-refractivity contribution in [3.63, 3.8) is 0 Å². The zero-order chi connectivity index (χ0) is 17.3. The predicted molar refractivity (Wildman–Crippen MR) is 86.2 cm³/mol. The molecule has 0 aromatic carbocycles. The number of morpholine rings is 1. The highest BCUT2D eigenvalue weighted by Gasteiger charge is 2.38. The fourth-order valence-corrected chi connectivity index (χ4v) is 2.64. The lowest BCUT2D eigenvalue weighted by atomic mass is 10.0. The molecule has 2 aromatic heterocycles. The Morgan fingerprint density at radius 1 is 1.42 bits per heavy atom. The topological polar surface area (TPSA) is 119 Å². The third-order valence-corrected chi connectivity index (χ3v) is 4.01. The number of hydrogen-bond donors (Lipinski definition) is 2. The molecule has 0 aliphatic carbocycles. The minimum absolute atomic E-state index is 0.251. The summed E-state index contributed by atoms with van der Waals surface area (Å²) in [5.41, 5.74) is 6.49. The zero-order valence-corrected chi connectivity index (χ0v) is 13.6. The first-order valence-electron chi connectivity index (χ1n) is 7.58. The number of anilines is 1. The van der Waals surface area contributed by atoms with E-state index in [2.05, 4.69) is 15.1 Å². The maximum absolute atomic E-state index is 11.4. The van der Waals surface area contributed by atoms with E-state index in [0.29, 0.717) is 31.2 Å². The van der Waals surface area contributed by atoms with Gasteiger partial charge in [-0.25, -0.2) is 9.78 Å². The molecule has 1 aliphatic heterocycles. The second-order valence-electron chi connectivity index (χ2n) is 6.42. The standard InChI is InChI=1S/C15H20N6O3/c1-15(2)9-24-11(8-21(15)14(22)23)7-20-6-10(3-19-20)12-4-18-13(16)5-17-12/h3-6,11H,7-9H2,1-2H3,(H2,16,18)(H,22,23). The molecule has 0 saturated carbocycles. The highest BCUT2D eigenvalue weighted by atomic mass is 16.5. The summed E-state index contributed by atoms with van der Waals surface area (Å²) in [6, 6.07) is 0. The second-order valence-corrected chi connectivity index (χ2v) is 6.42. The molecular weight excluding hydrogens is 312 g/mol. The molecule has 24 heavy (non-hydrogen) atoms. The average Bonchev–Trinajstić information content (AvgIpc) is 2.98. The Morgan fingerprint density at radius 3 is 2.88 bits per heavy atom. The normalized spacial score (nSPS) is 20.1. The molecule has 9 heteroatoms. The number of hydrogen-bond acceptors (Lipinski definition) is 6. The first-order valence-corrected chi connectivity index (χ1v) is 7.58. The van der Waals surface area contributed by atoms with Crippen molar-refractivity contribution in [2.45, 2.75) is 32.0 Å². The van der Waals surface area contributed by atoms with Crippen molar-refractivity contribution in [2.75, 3.05) is 18.9 Å². The third kappa shape index (κ3) is 3.30. The van der Waals surface area contributed by atoms with Crippen LogP contribution < -0.4 is 5.73 Å². The summed E-state index contributed by atoms with van der Waals surface area (Å²) in [5, 5.41) is 13.6. The van der Waals surface area contributed by atoms with E-state index in [9.17, 15) is 9.90 Å². The first kappa shape index (κ1) is 16.2. The van der Waals surface area contributed by atoms with Gasteiger partial charge in [-0.2, -0.15) is 5.10 Å². The van der Waals surface area contributed by atoms with E-state index < -0.39 is 11.6 Å². The molecular formula is C15H20N6O3. The summed E-state index contributed by atoms with van der Waals surface area (Å²) in [4.78, 5) is 21.0. The Balaban J connectivity index is 1.69. The second kappa shape index (κ2) is 6.08. The SMILES string of the molecule is CC1(C)COC(Cn2cc(-c3cnc(N)cn3)cn2)CN1C(=O)O. The molecule has 1 aliphatic rings. The maximum atomic E-state index is 11.4. The number of carbonyl (C=O) groups is 1. The fraction of sp³-hybridized carbons (Fsp3) is 0.467. The van der Waals surface area contributed by atoms with Crippen LogP contribution in [0.1, 0.15) is 13.8 Å². The lowest BCUT2D eigenvalue weighted by Crippen LogP contribution is -2.58. The predicted octanol–water partition coefficient (Wildman–Crippen LogP) is 1.08. The molecule has 2 aromatic rings. The Labute approximate surface area is 139 Å². The van der Waals surface area contributed by atoms with Crippen LogP contribution in [-0.4, -0.2) is 60.6 Å². The lowest BCUT2D eigenvalue weighted by Gasteiger charge is -2.43. The summed E-state index contributed by atoms with van der Waals surface area (Å²) >= 11 is 0. The van der Waals surface area contributed by atoms with Crippen LogP contribution in [0.2, 0.25) is 0 Å². The molecule has 3 heterocycles. The van der Waals surface area contributed by atoms with Gasteiger partial charge in [0.25, 0.3) is 0 Å². The van der Waals surface area contributed by atoms with Gasteiger partial charge in [0.15, 0.2) is 0 Å². The average molecular weight is 332 g/mol. The fourth-order valence-electron chi connectivity index (χ4n) is 2.64. The van der Waals surface area contributed by atoms with Crippen LogP contribution in [-0.2, 0) is 11.3 Å². The number of nitrogens with two attached hydrogens (primary N) is 1. The maximum Gasteiger partial charge on any atom is 0.407 e. The lowest BCUT2D eigenvalue weighted by molar-refractivity contribution is -0.0918. The number of nitrogens with zero attached hydrogens (tertiary/aromatic N) is 5. The van der Waals surface area contributed by atoms with Crippen LogP contribution in [0, 0.1) is 0 Å². The molecule has 3 N–H and O–H groups in total. The molecule has 1 saturated heterocycles. The van der Waals surface area contributed by atoms with E-state index in [1.807, 2.05) is 20.0 Å². The Bertz CT molecular complexity index is 727. The Morgan fingerprint density at radius 2 is 2.21 bits per heavy atom. The van der Waals surface area contributed by atoms with Crippen LogP contribution in [0.25, 0.3) is 11.3 Å². The largest absolute Gasteiger partial charge is 0.465 e. The number of rotatable bonds is 3. The quantitative estimate of drug-likeness (QED) is 0.863. The number of ether oxygens (including phenoxy) is 1. The minimum Gasteiger partial charge on any atom is -0.465 e. The molecule has 0 bridgehead atoms. The molecule has 1 unspecified atom stereocenters. The van der Waals surface area contributed by atoms with Gasteiger partial charge in [-0.1, -0.05) is 0 Å². The first-order chi connectivity index (χ1) is 11.3. The molecule has 0 radical (unpaired) electrons. The van der Waals surface area contributed by atoms with Crippen LogP contribution in [0.15, 0.2) is 24.8 Å². The number of amides is 1. The Hall–Kier alpha value is -2.68. The molecule has 1 fully saturated rings. The summed E-state index contributed by atoms with van der Waals surface area (Å²) < 4.78 is 7.52. The number of nitrogen functional groups attached to an aromatic ring is 1. The summed E-state index contributed by atoms with van der Waals surface area (Å²) in [6.45, 7) is 4.81. The van der Waals surface area contributed by atoms with Gasteiger partial charge in [-0.3, -0.25) is 14.6 Å². The monoisotopic (exact) mass is 332 g/mol. The molecule has 0 spiro atoms. The van der Waals surface area contributed by atoms with Gasteiger partial charge in [0.05, 0.1) is 55.6 Å². The highest BCUT2D eigenvalue weighted by molar-refractivity contribution is 5.66. The van der Waals surface area contributed by atoms with Crippen molar-refractivity contribution in [1.29, 1.82) is 0 Å². The van der Waals surface area contributed by atoms with Crippen molar-refractivity contribution in [2.24, 2.45) is 0 Å². The van der Waals surface area contributed by atoms with Gasteiger partial charge < -0.3 is 15.6 Å². The van der Waals surface area contributed by atoms with E-state index in [0.717, 1.165) is 5.56 Å². The van der Waals surface area contributed by atoms with Crippen molar-refractivity contribution < 1.29 is 14.6 Å². The van der Waals surface area contributed by atoms with E-state index in [4.69, 9.17) is 10.5 Å². The van der Waals surface area contributed by atoms with Crippen molar-refractivity contribution in [3.05, 3.63) is 24.8 Å².